The zero-order valence-electron chi connectivity index (χ0n) is 8.98. The van der Waals surface area contributed by atoms with Crippen molar-refractivity contribution in [2.75, 3.05) is 0 Å². The molecular weight excluding hydrogens is 256 g/mol. The smallest absolute Gasteiger partial charge is 0.204 e. The lowest BCUT2D eigenvalue weighted by Gasteiger charge is -2.04. The molecule has 0 aliphatic heterocycles. The summed E-state index contributed by atoms with van der Waals surface area (Å²) in [7, 11) is 0. The van der Waals surface area contributed by atoms with Crippen LogP contribution in [0, 0.1) is 0 Å². The second kappa shape index (κ2) is 3.65. The van der Waals surface area contributed by atoms with Crippen molar-refractivity contribution in [3.05, 3.63) is 45.6 Å². The first kappa shape index (κ1) is 10.9. The topological polar surface area (TPSA) is 70.7 Å². The molecule has 0 spiro atoms. The van der Waals surface area contributed by atoms with Gasteiger partial charge in [0.05, 0.1) is 5.39 Å². The molecule has 0 radical (unpaired) electrons. The molecule has 3 aromatic rings. The SMILES string of the molecule is O=c1c2ccc(Cl)cc2oc2cc(O)cc(O)c12. The second-order valence-electron chi connectivity index (χ2n) is 3.91. The van der Waals surface area contributed by atoms with Crippen LogP contribution in [0.25, 0.3) is 21.9 Å². The number of phenolic OH excluding ortho intramolecular Hbond substituents is 2. The van der Waals surface area contributed by atoms with Crippen LogP contribution in [0.15, 0.2) is 39.5 Å². The molecule has 0 amide bonds. The van der Waals surface area contributed by atoms with E-state index in [-0.39, 0.29) is 27.9 Å². The van der Waals surface area contributed by atoms with Crippen molar-refractivity contribution in [3.63, 3.8) is 0 Å². The highest BCUT2D eigenvalue weighted by Gasteiger charge is 2.12. The highest BCUT2D eigenvalue weighted by Crippen LogP contribution is 2.30. The largest absolute Gasteiger partial charge is 0.508 e. The van der Waals surface area contributed by atoms with E-state index in [1.54, 1.807) is 6.07 Å². The van der Waals surface area contributed by atoms with Crippen LogP contribution in [-0.2, 0) is 0 Å². The summed E-state index contributed by atoms with van der Waals surface area (Å²) >= 11 is 5.82. The third kappa shape index (κ3) is 1.50. The van der Waals surface area contributed by atoms with Gasteiger partial charge in [-0.05, 0) is 12.1 Å². The summed E-state index contributed by atoms with van der Waals surface area (Å²) in [5.41, 5.74) is 0.0673. The van der Waals surface area contributed by atoms with Gasteiger partial charge < -0.3 is 14.6 Å². The van der Waals surface area contributed by atoms with E-state index in [2.05, 4.69) is 0 Å². The van der Waals surface area contributed by atoms with Gasteiger partial charge in [0, 0.05) is 23.2 Å². The lowest BCUT2D eigenvalue weighted by atomic mass is 10.1. The van der Waals surface area contributed by atoms with Gasteiger partial charge in [0.15, 0.2) is 0 Å². The molecule has 2 N–H and O–H groups in total. The van der Waals surface area contributed by atoms with E-state index in [9.17, 15) is 15.0 Å². The highest BCUT2D eigenvalue weighted by molar-refractivity contribution is 6.31. The van der Waals surface area contributed by atoms with Gasteiger partial charge in [-0.3, -0.25) is 4.79 Å². The molecule has 0 atom stereocenters. The first-order valence-corrected chi connectivity index (χ1v) is 5.52. The van der Waals surface area contributed by atoms with Crippen molar-refractivity contribution in [2.45, 2.75) is 0 Å². The molecule has 0 bridgehead atoms. The fourth-order valence-electron chi connectivity index (χ4n) is 1.92. The highest BCUT2D eigenvalue weighted by atomic mass is 35.5. The van der Waals surface area contributed by atoms with Crippen LogP contribution >= 0.6 is 11.6 Å². The molecule has 0 aliphatic carbocycles. The molecule has 0 fully saturated rings. The minimum atomic E-state index is -0.361. The molecule has 0 saturated heterocycles. The van der Waals surface area contributed by atoms with Crippen molar-refractivity contribution in [1.82, 2.24) is 0 Å². The van der Waals surface area contributed by atoms with Crippen molar-refractivity contribution in [3.8, 4) is 11.5 Å². The van der Waals surface area contributed by atoms with Gasteiger partial charge in [0.2, 0.25) is 5.43 Å². The molecule has 0 aliphatic rings. The average molecular weight is 263 g/mol. The number of rotatable bonds is 0. The van der Waals surface area contributed by atoms with Gasteiger partial charge in [-0.2, -0.15) is 0 Å². The molecule has 90 valence electrons. The molecule has 1 aromatic heterocycles. The Labute approximate surface area is 106 Å². The normalized spacial score (nSPS) is 11.2. The standard InChI is InChI=1S/C13H7ClO4/c14-6-1-2-8-10(3-6)18-11-5-7(15)4-9(16)12(11)13(8)17/h1-5,15-16H. The molecule has 1 heterocycles. The van der Waals surface area contributed by atoms with E-state index >= 15 is 0 Å². The fraction of sp³-hybridized carbons (Fsp3) is 0. The Balaban J connectivity index is 2.61. The van der Waals surface area contributed by atoms with Gasteiger partial charge in [-0.15, -0.1) is 0 Å². The van der Waals surface area contributed by atoms with Crippen molar-refractivity contribution in [2.24, 2.45) is 0 Å². The Hall–Kier alpha value is -2.20. The number of phenols is 2. The van der Waals surface area contributed by atoms with E-state index in [4.69, 9.17) is 16.0 Å². The number of hydrogen-bond donors (Lipinski definition) is 2. The summed E-state index contributed by atoms with van der Waals surface area (Å²) in [4.78, 5) is 12.2. The molecule has 4 nitrogen and oxygen atoms in total. The van der Waals surface area contributed by atoms with Crippen LogP contribution in [0.5, 0.6) is 11.5 Å². The van der Waals surface area contributed by atoms with Gasteiger partial charge in [-0.1, -0.05) is 11.6 Å². The van der Waals surface area contributed by atoms with Crippen molar-refractivity contribution < 1.29 is 14.6 Å². The van der Waals surface area contributed by atoms with Gasteiger partial charge in [0.1, 0.15) is 28.1 Å². The maximum Gasteiger partial charge on any atom is 0.204 e. The number of hydrogen-bond acceptors (Lipinski definition) is 4. The summed E-state index contributed by atoms with van der Waals surface area (Å²) in [6.45, 7) is 0. The lowest BCUT2D eigenvalue weighted by molar-refractivity contribution is 0.453. The summed E-state index contributed by atoms with van der Waals surface area (Å²) < 4.78 is 5.47. The lowest BCUT2D eigenvalue weighted by Crippen LogP contribution is -2.02. The van der Waals surface area contributed by atoms with Crippen LogP contribution in [0.4, 0.5) is 0 Å². The number of aromatic hydroxyl groups is 2. The fourth-order valence-corrected chi connectivity index (χ4v) is 2.08. The first-order chi connectivity index (χ1) is 8.56. The Kier molecular flexibility index (Phi) is 2.21. The molecule has 2 aromatic carbocycles. The zero-order chi connectivity index (χ0) is 12.9. The van der Waals surface area contributed by atoms with Crippen LogP contribution in [-0.4, -0.2) is 10.2 Å². The molecule has 0 saturated carbocycles. The monoisotopic (exact) mass is 262 g/mol. The van der Waals surface area contributed by atoms with E-state index in [0.717, 1.165) is 6.07 Å². The van der Waals surface area contributed by atoms with Gasteiger partial charge in [0.25, 0.3) is 0 Å². The molecule has 0 unspecified atom stereocenters. The molecule has 5 heteroatoms. The second-order valence-corrected chi connectivity index (χ2v) is 4.35. The van der Waals surface area contributed by atoms with Crippen molar-refractivity contribution in [1.29, 1.82) is 0 Å². The van der Waals surface area contributed by atoms with E-state index < -0.39 is 0 Å². The van der Waals surface area contributed by atoms with E-state index in [0.29, 0.717) is 16.0 Å². The van der Waals surface area contributed by atoms with Crippen LogP contribution in [0.2, 0.25) is 5.02 Å². The summed E-state index contributed by atoms with van der Waals surface area (Å²) in [6.07, 6.45) is 0. The maximum absolute atomic E-state index is 12.2. The quantitative estimate of drug-likeness (QED) is 0.611. The third-order valence-electron chi connectivity index (χ3n) is 2.70. The zero-order valence-corrected chi connectivity index (χ0v) is 9.73. The summed E-state index contributed by atoms with van der Waals surface area (Å²) in [5.74, 6) is -0.486. The molecule has 3 rings (SSSR count). The Bertz CT molecular complexity index is 836. The van der Waals surface area contributed by atoms with Gasteiger partial charge in [-0.25, -0.2) is 0 Å². The van der Waals surface area contributed by atoms with Crippen LogP contribution in [0.3, 0.4) is 0 Å². The maximum atomic E-state index is 12.2. The minimum Gasteiger partial charge on any atom is -0.508 e. The third-order valence-corrected chi connectivity index (χ3v) is 2.94. The number of fused-ring (bicyclic) bond motifs is 2. The summed E-state index contributed by atoms with van der Waals surface area (Å²) in [6, 6.07) is 7.00. The first-order valence-electron chi connectivity index (χ1n) is 5.14. The average Bonchev–Trinajstić information content (AvgIpc) is 2.27. The minimum absolute atomic E-state index is 0.0441. The summed E-state index contributed by atoms with van der Waals surface area (Å²) in [5, 5.41) is 19.9. The molecule has 18 heavy (non-hydrogen) atoms. The van der Waals surface area contributed by atoms with Crippen LogP contribution in [0.1, 0.15) is 0 Å². The number of halogens is 1. The Morgan fingerprint density at radius 1 is 1.06 bits per heavy atom. The Morgan fingerprint density at radius 2 is 1.83 bits per heavy atom. The molecular formula is C13H7ClO4. The predicted octanol–water partition coefficient (Wildman–Crippen LogP) is 3.01. The van der Waals surface area contributed by atoms with E-state index in [1.807, 2.05) is 0 Å². The van der Waals surface area contributed by atoms with Crippen LogP contribution < -0.4 is 5.43 Å². The van der Waals surface area contributed by atoms with E-state index in [1.165, 1.54) is 18.2 Å². The van der Waals surface area contributed by atoms with Crippen molar-refractivity contribution >= 4 is 33.5 Å². The predicted molar refractivity (Wildman–Crippen MR) is 68.3 cm³/mol. The Morgan fingerprint density at radius 3 is 2.61 bits per heavy atom. The van der Waals surface area contributed by atoms with Gasteiger partial charge >= 0.3 is 0 Å². The number of benzene rings is 2.